The third kappa shape index (κ3) is 3.61. The summed E-state index contributed by atoms with van der Waals surface area (Å²) in [4.78, 5) is 18.6. The van der Waals surface area contributed by atoms with Gasteiger partial charge < -0.3 is 4.90 Å². The minimum Gasteiger partial charge on any atom is -0.335 e. The van der Waals surface area contributed by atoms with Crippen molar-refractivity contribution in [1.82, 2.24) is 14.2 Å². The number of aryl methyl sites for hydroxylation is 3. The second-order valence-electron chi connectivity index (χ2n) is 6.19. The molecule has 25 heavy (non-hydrogen) atoms. The second kappa shape index (κ2) is 6.86. The molecule has 1 fully saturated rings. The van der Waals surface area contributed by atoms with E-state index < -0.39 is 10.0 Å². The molecule has 0 aliphatic carbocycles. The predicted molar refractivity (Wildman–Crippen MR) is 97.4 cm³/mol. The zero-order valence-corrected chi connectivity index (χ0v) is 16.2. The molecule has 1 aromatic heterocycles. The van der Waals surface area contributed by atoms with Crippen molar-refractivity contribution in [3.05, 3.63) is 45.4 Å². The lowest BCUT2D eigenvalue weighted by Gasteiger charge is -2.33. The number of aromatic nitrogens is 1. The number of hydrogen-bond acceptors (Lipinski definition) is 5. The first-order valence-corrected chi connectivity index (χ1v) is 10.4. The molecule has 134 valence electrons. The number of carbonyl (C=O) groups is 1. The maximum absolute atomic E-state index is 12.8. The van der Waals surface area contributed by atoms with Crippen molar-refractivity contribution in [2.24, 2.45) is 0 Å². The third-order valence-electron chi connectivity index (χ3n) is 4.48. The quantitative estimate of drug-likeness (QED) is 0.820. The number of sulfonamides is 1. The van der Waals surface area contributed by atoms with Crippen LogP contribution in [0.4, 0.5) is 0 Å². The van der Waals surface area contributed by atoms with Crippen molar-refractivity contribution < 1.29 is 13.2 Å². The topological polar surface area (TPSA) is 70.6 Å². The number of amides is 1. The molecule has 1 aromatic carbocycles. The van der Waals surface area contributed by atoms with Crippen LogP contribution in [-0.4, -0.2) is 54.7 Å². The van der Waals surface area contributed by atoms with Gasteiger partial charge in [-0.2, -0.15) is 4.31 Å². The molecule has 0 radical (unpaired) electrons. The molecule has 2 heterocycles. The highest BCUT2D eigenvalue weighted by molar-refractivity contribution is 7.89. The molecule has 6 nitrogen and oxygen atoms in total. The Kier molecular flexibility index (Phi) is 4.95. The zero-order chi connectivity index (χ0) is 18.2. The van der Waals surface area contributed by atoms with Gasteiger partial charge in [-0.05, 0) is 44.0 Å². The summed E-state index contributed by atoms with van der Waals surface area (Å²) in [6.07, 6.45) is 0. The Morgan fingerprint density at radius 3 is 2.32 bits per heavy atom. The fraction of sp³-hybridized carbons (Fsp3) is 0.412. The Morgan fingerprint density at radius 2 is 1.76 bits per heavy atom. The van der Waals surface area contributed by atoms with E-state index in [1.54, 1.807) is 22.4 Å². The molecule has 3 rings (SSSR count). The van der Waals surface area contributed by atoms with Gasteiger partial charge in [0.2, 0.25) is 10.0 Å². The molecule has 0 atom stereocenters. The molecule has 2 aromatic rings. The first-order chi connectivity index (χ1) is 11.8. The molecule has 0 bridgehead atoms. The summed E-state index contributed by atoms with van der Waals surface area (Å²) in [5, 5.41) is 2.59. The van der Waals surface area contributed by atoms with Crippen LogP contribution in [0.25, 0.3) is 0 Å². The van der Waals surface area contributed by atoms with Gasteiger partial charge in [-0.15, -0.1) is 11.3 Å². The van der Waals surface area contributed by atoms with E-state index in [1.807, 2.05) is 26.8 Å². The molecule has 0 spiro atoms. The molecule has 1 aliphatic rings. The number of nitrogens with zero attached hydrogens (tertiary/aromatic N) is 3. The number of rotatable bonds is 3. The second-order valence-corrected chi connectivity index (χ2v) is 9.19. The fourth-order valence-corrected chi connectivity index (χ4v) is 4.87. The van der Waals surface area contributed by atoms with Crippen LogP contribution in [0, 0.1) is 20.8 Å². The van der Waals surface area contributed by atoms with Crippen LogP contribution < -0.4 is 0 Å². The maximum atomic E-state index is 12.8. The number of carbonyl (C=O) groups excluding carboxylic acids is 1. The summed E-state index contributed by atoms with van der Waals surface area (Å²) in [7, 11) is -3.53. The average Bonchev–Trinajstić information content (AvgIpc) is 3.03. The molecule has 0 N–H and O–H groups in total. The highest BCUT2D eigenvalue weighted by Crippen LogP contribution is 2.21. The minimum absolute atomic E-state index is 0.132. The fourth-order valence-electron chi connectivity index (χ4n) is 2.78. The van der Waals surface area contributed by atoms with Gasteiger partial charge in [0.05, 0.1) is 9.90 Å². The van der Waals surface area contributed by atoms with E-state index in [2.05, 4.69) is 4.98 Å². The standard InChI is InChI=1S/C17H21N3O3S2/c1-12-4-5-15(10-13(12)2)25(22,23)20-8-6-19(7-9-20)17(21)16-11-24-14(3)18-16/h4-5,10-11H,6-9H2,1-3H3. The van der Waals surface area contributed by atoms with Crippen LogP contribution in [-0.2, 0) is 10.0 Å². The lowest BCUT2D eigenvalue weighted by atomic mass is 10.1. The summed E-state index contributed by atoms with van der Waals surface area (Å²) in [6.45, 7) is 7.06. The SMILES string of the molecule is Cc1nc(C(=O)N2CCN(S(=O)(=O)c3ccc(C)c(C)c3)CC2)cs1. The van der Waals surface area contributed by atoms with Gasteiger partial charge in [0.25, 0.3) is 5.91 Å². The van der Waals surface area contributed by atoms with Crippen molar-refractivity contribution in [3.63, 3.8) is 0 Å². The van der Waals surface area contributed by atoms with E-state index in [9.17, 15) is 13.2 Å². The van der Waals surface area contributed by atoms with Gasteiger partial charge in [-0.25, -0.2) is 13.4 Å². The van der Waals surface area contributed by atoms with E-state index in [0.717, 1.165) is 16.1 Å². The Morgan fingerprint density at radius 1 is 1.08 bits per heavy atom. The van der Waals surface area contributed by atoms with Crippen LogP contribution >= 0.6 is 11.3 Å². The van der Waals surface area contributed by atoms with Crippen LogP contribution in [0.2, 0.25) is 0 Å². The lowest BCUT2D eigenvalue weighted by molar-refractivity contribution is 0.0692. The van der Waals surface area contributed by atoms with Crippen LogP contribution in [0.1, 0.15) is 26.6 Å². The van der Waals surface area contributed by atoms with Crippen molar-refractivity contribution in [2.75, 3.05) is 26.2 Å². The van der Waals surface area contributed by atoms with Gasteiger partial charge in [0, 0.05) is 31.6 Å². The van der Waals surface area contributed by atoms with Crippen molar-refractivity contribution >= 4 is 27.3 Å². The highest BCUT2D eigenvalue weighted by Gasteiger charge is 2.31. The summed E-state index contributed by atoms with van der Waals surface area (Å²) < 4.78 is 27.1. The average molecular weight is 380 g/mol. The Hall–Kier alpha value is -1.77. The number of thiazole rings is 1. The van der Waals surface area contributed by atoms with Gasteiger partial charge in [0.15, 0.2) is 0 Å². The maximum Gasteiger partial charge on any atom is 0.273 e. The van der Waals surface area contributed by atoms with E-state index in [-0.39, 0.29) is 5.91 Å². The molecule has 8 heteroatoms. The van der Waals surface area contributed by atoms with Crippen LogP contribution in [0.5, 0.6) is 0 Å². The number of hydrogen-bond donors (Lipinski definition) is 0. The van der Waals surface area contributed by atoms with Gasteiger partial charge in [-0.3, -0.25) is 4.79 Å². The molecular formula is C17H21N3O3S2. The third-order valence-corrected chi connectivity index (χ3v) is 7.15. The smallest absolute Gasteiger partial charge is 0.273 e. The molecular weight excluding hydrogens is 358 g/mol. The summed E-state index contributed by atoms with van der Waals surface area (Å²) >= 11 is 1.44. The molecule has 1 saturated heterocycles. The molecule has 1 aliphatic heterocycles. The lowest BCUT2D eigenvalue weighted by Crippen LogP contribution is -2.50. The monoisotopic (exact) mass is 379 g/mol. The van der Waals surface area contributed by atoms with E-state index >= 15 is 0 Å². The zero-order valence-electron chi connectivity index (χ0n) is 14.5. The molecule has 0 unspecified atom stereocenters. The first kappa shape index (κ1) is 18.0. The number of benzene rings is 1. The Bertz CT molecular complexity index is 898. The normalized spacial score (nSPS) is 16.2. The molecule has 1 amide bonds. The Labute approximate surface area is 152 Å². The van der Waals surface area contributed by atoms with Crippen molar-refractivity contribution in [2.45, 2.75) is 25.7 Å². The van der Waals surface area contributed by atoms with Crippen LogP contribution in [0.15, 0.2) is 28.5 Å². The Balaban J connectivity index is 1.71. The van der Waals surface area contributed by atoms with Crippen molar-refractivity contribution in [3.8, 4) is 0 Å². The predicted octanol–water partition coefficient (Wildman–Crippen LogP) is 2.22. The number of piperazine rings is 1. The largest absolute Gasteiger partial charge is 0.335 e. The van der Waals surface area contributed by atoms with E-state index in [4.69, 9.17) is 0 Å². The first-order valence-electron chi connectivity index (χ1n) is 8.08. The van der Waals surface area contributed by atoms with Gasteiger partial charge >= 0.3 is 0 Å². The summed E-state index contributed by atoms with van der Waals surface area (Å²) in [5.74, 6) is -0.132. The van der Waals surface area contributed by atoms with E-state index in [0.29, 0.717) is 36.8 Å². The van der Waals surface area contributed by atoms with Crippen LogP contribution in [0.3, 0.4) is 0 Å². The minimum atomic E-state index is -3.53. The summed E-state index contributed by atoms with van der Waals surface area (Å²) in [6, 6.07) is 5.18. The van der Waals surface area contributed by atoms with Crippen molar-refractivity contribution in [1.29, 1.82) is 0 Å². The highest BCUT2D eigenvalue weighted by atomic mass is 32.2. The van der Waals surface area contributed by atoms with Gasteiger partial charge in [0.1, 0.15) is 5.69 Å². The summed E-state index contributed by atoms with van der Waals surface area (Å²) in [5.41, 5.74) is 2.45. The van der Waals surface area contributed by atoms with E-state index in [1.165, 1.54) is 15.6 Å². The molecule has 0 saturated carbocycles. The van der Waals surface area contributed by atoms with Gasteiger partial charge in [-0.1, -0.05) is 6.07 Å².